The van der Waals surface area contributed by atoms with Crippen molar-refractivity contribution in [3.05, 3.63) is 0 Å². The minimum atomic E-state index is -3.24. The Morgan fingerprint density at radius 3 is 2.36 bits per heavy atom. The lowest BCUT2D eigenvalue weighted by molar-refractivity contribution is 0.0706. The fourth-order valence-corrected chi connectivity index (χ4v) is 3.14. The van der Waals surface area contributed by atoms with Crippen LogP contribution in [0.4, 0.5) is 0 Å². The fourth-order valence-electron chi connectivity index (χ4n) is 1.62. The number of ether oxygens (including phenoxy) is 1. The number of nitrogens with zero attached hydrogens (tertiary/aromatic N) is 2. The molecule has 0 aliphatic carbocycles. The van der Waals surface area contributed by atoms with E-state index in [1.54, 1.807) is 0 Å². The molecule has 0 bridgehead atoms. The maximum Gasteiger partial charge on any atom is 0.283 e. The lowest BCUT2D eigenvalue weighted by Crippen LogP contribution is -2.48. The van der Waals surface area contributed by atoms with Gasteiger partial charge < -0.3 is 10.1 Å². The molecular formula is C7H15N3O3S. The summed E-state index contributed by atoms with van der Waals surface area (Å²) in [6.07, 6.45) is 0. The van der Waals surface area contributed by atoms with Crippen LogP contribution in [-0.2, 0) is 14.9 Å². The van der Waals surface area contributed by atoms with Crippen molar-refractivity contribution >= 4 is 10.2 Å². The molecule has 0 aromatic heterocycles. The first kappa shape index (κ1) is 10.3. The molecule has 0 spiro atoms. The number of morpholine rings is 1. The molecule has 2 heterocycles. The normalized spacial score (nSPS) is 26.9. The molecule has 0 atom stereocenters. The van der Waals surface area contributed by atoms with E-state index in [0.717, 1.165) is 6.54 Å². The van der Waals surface area contributed by atoms with E-state index < -0.39 is 10.2 Å². The van der Waals surface area contributed by atoms with Crippen molar-refractivity contribution in [1.82, 2.24) is 13.9 Å². The van der Waals surface area contributed by atoms with Crippen molar-refractivity contribution < 1.29 is 13.2 Å². The van der Waals surface area contributed by atoms with Gasteiger partial charge in [-0.2, -0.15) is 17.0 Å². The average molecular weight is 221 g/mol. The van der Waals surface area contributed by atoms with Crippen molar-refractivity contribution in [3.63, 3.8) is 0 Å². The molecule has 1 N–H and O–H groups in total. The summed E-state index contributed by atoms with van der Waals surface area (Å²) in [5.41, 5.74) is 0. The third-order valence-electron chi connectivity index (χ3n) is 2.45. The van der Waals surface area contributed by atoms with E-state index in [9.17, 15) is 8.42 Å². The summed E-state index contributed by atoms with van der Waals surface area (Å²) < 4.78 is 32.0. The maximum atomic E-state index is 11.9. The van der Waals surface area contributed by atoms with Gasteiger partial charge in [0.2, 0.25) is 0 Å². The number of hydrogen-bond acceptors (Lipinski definition) is 4. The molecule has 2 aliphatic rings. The molecule has 0 unspecified atom stereocenters. The molecule has 2 rings (SSSR count). The van der Waals surface area contributed by atoms with Gasteiger partial charge in [-0.15, -0.1) is 0 Å². The monoisotopic (exact) mass is 221 g/mol. The maximum absolute atomic E-state index is 11.9. The van der Waals surface area contributed by atoms with Crippen LogP contribution in [0, 0.1) is 0 Å². The predicted octanol–water partition coefficient (Wildman–Crippen LogP) is -1.57. The Morgan fingerprint density at radius 2 is 1.79 bits per heavy atom. The van der Waals surface area contributed by atoms with E-state index in [1.807, 2.05) is 0 Å². The zero-order chi connectivity index (χ0) is 10.0. The quantitative estimate of drug-likeness (QED) is 0.612. The van der Waals surface area contributed by atoms with Crippen molar-refractivity contribution in [2.45, 2.75) is 0 Å². The van der Waals surface area contributed by atoms with Gasteiger partial charge in [0.15, 0.2) is 0 Å². The van der Waals surface area contributed by atoms with E-state index >= 15 is 0 Å². The van der Waals surface area contributed by atoms with E-state index in [0.29, 0.717) is 39.5 Å². The Hall–Kier alpha value is -0.210. The number of hydrogen-bond donors (Lipinski definition) is 1. The van der Waals surface area contributed by atoms with Gasteiger partial charge in [-0.1, -0.05) is 0 Å². The lowest BCUT2D eigenvalue weighted by atomic mass is 10.5. The van der Waals surface area contributed by atoms with Crippen LogP contribution < -0.4 is 5.32 Å². The molecule has 0 radical (unpaired) electrons. The van der Waals surface area contributed by atoms with Gasteiger partial charge in [0.1, 0.15) is 0 Å². The average Bonchev–Trinajstić information content (AvgIpc) is 2.72. The third kappa shape index (κ3) is 1.91. The van der Waals surface area contributed by atoms with E-state index in [1.165, 1.54) is 8.61 Å². The van der Waals surface area contributed by atoms with Crippen molar-refractivity contribution in [1.29, 1.82) is 0 Å². The highest BCUT2D eigenvalue weighted by Crippen LogP contribution is 2.11. The van der Waals surface area contributed by atoms with Gasteiger partial charge in [-0.05, 0) is 0 Å². The van der Waals surface area contributed by atoms with Crippen molar-refractivity contribution in [2.75, 3.05) is 46.1 Å². The second kappa shape index (κ2) is 4.11. The Bertz CT molecular complexity index is 281. The standard InChI is InChI=1S/C7H15N3O3S/c11-14(12,10-2-1-8-7-10)9-3-5-13-6-4-9/h8H,1-7H2. The molecule has 82 valence electrons. The van der Waals surface area contributed by atoms with Gasteiger partial charge in [0.25, 0.3) is 10.2 Å². The summed E-state index contributed by atoms with van der Waals surface area (Å²) in [5, 5.41) is 3.01. The lowest BCUT2D eigenvalue weighted by Gasteiger charge is -2.29. The molecule has 2 saturated heterocycles. The Kier molecular flexibility index (Phi) is 3.03. The second-order valence-electron chi connectivity index (χ2n) is 3.35. The molecule has 0 aromatic carbocycles. The molecule has 0 saturated carbocycles. The van der Waals surface area contributed by atoms with Gasteiger partial charge >= 0.3 is 0 Å². The summed E-state index contributed by atoms with van der Waals surface area (Å²) in [5.74, 6) is 0. The molecule has 2 fully saturated rings. The molecular weight excluding hydrogens is 206 g/mol. The summed E-state index contributed by atoms with van der Waals surface area (Å²) in [6.45, 7) is 3.68. The summed E-state index contributed by atoms with van der Waals surface area (Å²) >= 11 is 0. The topological polar surface area (TPSA) is 61.9 Å². The Labute approximate surface area is 84.0 Å². The van der Waals surface area contributed by atoms with Crippen molar-refractivity contribution in [3.8, 4) is 0 Å². The van der Waals surface area contributed by atoms with Gasteiger partial charge in [0, 0.05) is 26.2 Å². The molecule has 14 heavy (non-hydrogen) atoms. The Morgan fingerprint density at radius 1 is 1.07 bits per heavy atom. The van der Waals surface area contributed by atoms with Gasteiger partial charge in [-0.3, -0.25) is 0 Å². The summed E-state index contributed by atoms with van der Waals surface area (Å²) in [7, 11) is -3.24. The smallest absolute Gasteiger partial charge is 0.283 e. The molecule has 0 aromatic rings. The summed E-state index contributed by atoms with van der Waals surface area (Å²) in [6, 6.07) is 0. The van der Waals surface area contributed by atoms with Crippen LogP contribution in [0.3, 0.4) is 0 Å². The predicted molar refractivity (Wildman–Crippen MR) is 50.9 cm³/mol. The molecule has 7 heteroatoms. The highest BCUT2D eigenvalue weighted by molar-refractivity contribution is 7.86. The Balaban J connectivity index is 2.05. The van der Waals surface area contributed by atoms with Gasteiger partial charge in [-0.25, -0.2) is 0 Å². The number of nitrogens with one attached hydrogen (secondary N) is 1. The zero-order valence-electron chi connectivity index (χ0n) is 7.98. The number of rotatable bonds is 2. The highest BCUT2D eigenvalue weighted by atomic mass is 32.2. The first-order valence-corrected chi connectivity index (χ1v) is 6.14. The van der Waals surface area contributed by atoms with E-state index in [4.69, 9.17) is 4.74 Å². The molecule has 2 aliphatic heterocycles. The largest absolute Gasteiger partial charge is 0.379 e. The summed E-state index contributed by atoms with van der Waals surface area (Å²) in [4.78, 5) is 0. The van der Waals surface area contributed by atoms with Crippen LogP contribution in [-0.4, -0.2) is 63.1 Å². The van der Waals surface area contributed by atoms with E-state index in [2.05, 4.69) is 5.32 Å². The van der Waals surface area contributed by atoms with Crippen LogP contribution >= 0.6 is 0 Å². The fraction of sp³-hybridized carbons (Fsp3) is 1.00. The molecule has 6 nitrogen and oxygen atoms in total. The SMILES string of the molecule is O=S(=O)(N1CCOCC1)N1CCNC1. The van der Waals surface area contributed by atoms with Crippen LogP contribution in [0.1, 0.15) is 0 Å². The van der Waals surface area contributed by atoms with Gasteiger partial charge in [0.05, 0.1) is 19.9 Å². The van der Waals surface area contributed by atoms with E-state index in [-0.39, 0.29) is 0 Å². The van der Waals surface area contributed by atoms with Crippen LogP contribution in [0.15, 0.2) is 0 Å². The first-order valence-electron chi connectivity index (χ1n) is 4.75. The zero-order valence-corrected chi connectivity index (χ0v) is 8.79. The first-order chi connectivity index (χ1) is 6.71. The van der Waals surface area contributed by atoms with Crippen LogP contribution in [0.5, 0.6) is 0 Å². The highest BCUT2D eigenvalue weighted by Gasteiger charge is 2.32. The van der Waals surface area contributed by atoms with Crippen molar-refractivity contribution in [2.24, 2.45) is 0 Å². The third-order valence-corrected chi connectivity index (χ3v) is 4.43. The second-order valence-corrected chi connectivity index (χ2v) is 5.28. The minimum Gasteiger partial charge on any atom is -0.379 e. The van der Waals surface area contributed by atoms with Crippen LogP contribution in [0.25, 0.3) is 0 Å². The molecule has 0 amide bonds. The minimum absolute atomic E-state index is 0.430. The van der Waals surface area contributed by atoms with Crippen LogP contribution in [0.2, 0.25) is 0 Å².